The standard InChI is InChI=1S/C52H33NOS/c1-2-21-41-34(13-1)14-10-24-42(41)35-15-7-18-38(31-35)53(39-19-8-16-36(32-39)43-25-12-29-49-51(43)47-23-3-5-28-48(47)54-49)40-20-9-17-37(33-40)44-26-11-27-46-45-22-4-6-30-50(45)55-52(44)46/h1-33H. The minimum absolute atomic E-state index is 0.895. The number of anilines is 3. The first-order valence-corrected chi connectivity index (χ1v) is 19.5. The van der Waals surface area contributed by atoms with Crippen LogP contribution in [-0.4, -0.2) is 0 Å². The number of nitrogens with zero attached hydrogens (tertiary/aromatic N) is 1. The molecule has 0 saturated heterocycles. The van der Waals surface area contributed by atoms with Gasteiger partial charge in [-0.3, -0.25) is 0 Å². The van der Waals surface area contributed by atoms with Gasteiger partial charge in [0.1, 0.15) is 11.2 Å². The van der Waals surface area contributed by atoms with Crippen molar-refractivity contribution >= 4 is 81.3 Å². The lowest BCUT2D eigenvalue weighted by Crippen LogP contribution is -2.10. The van der Waals surface area contributed by atoms with Gasteiger partial charge >= 0.3 is 0 Å². The fraction of sp³-hybridized carbons (Fsp3) is 0. The van der Waals surface area contributed by atoms with Crippen molar-refractivity contribution in [2.75, 3.05) is 4.90 Å². The average Bonchev–Trinajstić information content (AvgIpc) is 3.83. The summed E-state index contributed by atoms with van der Waals surface area (Å²) in [5.41, 5.74) is 12.2. The Kier molecular flexibility index (Phi) is 7.39. The second-order valence-corrected chi connectivity index (χ2v) is 15.1. The van der Waals surface area contributed by atoms with Gasteiger partial charge in [0.05, 0.1) is 0 Å². The molecule has 0 radical (unpaired) electrons. The molecule has 258 valence electrons. The molecule has 0 aliphatic rings. The largest absolute Gasteiger partial charge is 0.456 e. The van der Waals surface area contributed by atoms with Crippen LogP contribution < -0.4 is 4.90 Å². The number of hydrogen-bond donors (Lipinski definition) is 0. The SMILES string of the molecule is c1cc(-c2cccc3ccccc23)cc(N(c2cccc(-c3cccc4c3sc3ccccc34)c2)c2cccc(-c3cccc4oc5ccccc5c34)c2)c1. The first-order chi connectivity index (χ1) is 27.3. The van der Waals surface area contributed by atoms with Crippen LogP contribution in [0.1, 0.15) is 0 Å². The Morgan fingerprint density at radius 2 is 0.873 bits per heavy atom. The van der Waals surface area contributed by atoms with E-state index in [4.69, 9.17) is 4.42 Å². The quantitative estimate of drug-likeness (QED) is 0.170. The molecule has 0 unspecified atom stereocenters. The maximum Gasteiger partial charge on any atom is 0.136 e. The lowest BCUT2D eigenvalue weighted by molar-refractivity contribution is 0.669. The third-order valence-electron chi connectivity index (χ3n) is 10.8. The summed E-state index contributed by atoms with van der Waals surface area (Å²) < 4.78 is 8.94. The van der Waals surface area contributed by atoms with Gasteiger partial charge in [0.25, 0.3) is 0 Å². The Bertz CT molecular complexity index is 3240. The van der Waals surface area contributed by atoms with Crippen molar-refractivity contribution in [3.63, 3.8) is 0 Å². The zero-order chi connectivity index (χ0) is 36.3. The molecule has 0 aliphatic heterocycles. The summed E-state index contributed by atoms with van der Waals surface area (Å²) in [6.07, 6.45) is 0. The van der Waals surface area contributed by atoms with Gasteiger partial charge in [-0.1, -0.05) is 146 Å². The van der Waals surface area contributed by atoms with E-state index in [1.807, 2.05) is 23.5 Å². The zero-order valence-corrected chi connectivity index (χ0v) is 30.6. The summed E-state index contributed by atoms with van der Waals surface area (Å²) >= 11 is 1.87. The van der Waals surface area contributed by atoms with Crippen LogP contribution in [-0.2, 0) is 0 Å². The normalized spacial score (nSPS) is 11.6. The van der Waals surface area contributed by atoms with Gasteiger partial charge in [-0.15, -0.1) is 11.3 Å². The smallest absolute Gasteiger partial charge is 0.136 e. The number of thiophene rings is 1. The Balaban J connectivity index is 1.11. The fourth-order valence-electron chi connectivity index (χ4n) is 8.35. The van der Waals surface area contributed by atoms with Crippen molar-refractivity contribution in [1.82, 2.24) is 0 Å². The summed E-state index contributed by atoms with van der Waals surface area (Å²) in [6.45, 7) is 0. The average molecular weight is 720 g/mol. The molecular weight excluding hydrogens is 687 g/mol. The van der Waals surface area contributed by atoms with Gasteiger partial charge in [0.2, 0.25) is 0 Å². The molecular formula is C52H33NOS. The highest BCUT2D eigenvalue weighted by Crippen LogP contribution is 2.44. The number of hydrogen-bond acceptors (Lipinski definition) is 3. The molecule has 0 amide bonds. The number of fused-ring (bicyclic) bond motifs is 7. The maximum absolute atomic E-state index is 6.31. The molecule has 0 aliphatic carbocycles. The molecule has 0 N–H and O–H groups in total. The molecule has 0 saturated carbocycles. The van der Waals surface area contributed by atoms with Gasteiger partial charge in [0.15, 0.2) is 0 Å². The van der Waals surface area contributed by atoms with Crippen LogP contribution >= 0.6 is 11.3 Å². The summed E-state index contributed by atoms with van der Waals surface area (Å²) in [6, 6.07) is 72.3. The molecule has 0 atom stereocenters. The molecule has 0 spiro atoms. The number of para-hydroxylation sites is 1. The molecule has 2 nitrogen and oxygen atoms in total. The molecule has 55 heavy (non-hydrogen) atoms. The van der Waals surface area contributed by atoms with Crippen LogP contribution in [0.2, 0.25) is 0 Å². The van der Waals surface area contributed by atoms with E-state index in [-0.39, 0.29) is 0 Å². The number of benzene rings is 9. The van der Waals surface area contributed by atoms with Gasteiger partial charge < -0.3 is 9.32 Å². The van der Waals surface area contributed by atoms with Crippen LogP contribution in [0.25, 0.3) is 86.3 Å². The van der Waals surface area contributed by atoms with E-state index in [2.05, 4.69) is 193 Å². The Hall–Kier alpha value is -6.94. The Labute approximate surface area is 322 Å². The van der Waals surface area contributed by atoms with Crippen molar-refractivity contribution < 1.29 is 4.42 Å². The zero-order valence-electron chi connectivity index (χ0n) is 29.8. The van der Waals surface area contributed by atoms with Gasteiger partial charge in [-0.05, 0) is 98.8 Å². The minimum atomic E-state index is 0.895. The highest BCUT2D eigenvalue weighted by Gasteiger charge is 2.19. The first kappa shape index (κ1) is 31.6. The molecule has 11 rings (SSSR count). The highest BCUT2D eigenvalue weighted by molar-refractivity contribution is 7.26. The van der Waals surface area contributed by atoms with Crippen LogP contribution in [0.15, 0.2) is 205 Å². The molecule has 9 aromatic carbocycles. The highest BCUT2D eigenvalue weighted by atomic mass is 32.1. The lowest BCUT2D eigenvalue weighted by atomic mass is 9.97. The molecule has 3 heteroatoms. The monoisotopic (exact) mass is 719 g/mol. The van der Waals surface area contributed by atoms with E-state index < -0.39 is 0 Å². The van der Waals surface area contributed by atoms with Gasteiger partial charge in [0, 0.05) is 48.0 Å². The fourth-order valence-corrected chi connectivity index (χ4v) is 9.59. The van der Waals surface area contributed by atoms with Crippen molar-refractivity contribution in [2.24, 2.45) is 0 Å². The topological polar surface area (TPSA) is 16.4 Å². The molecule has 0 fully saturated rings. The molecule has 2 heterocycles. The molecule has 11 aromatic rings. The van der Waals surface area contributed by atoms with Crippen LogP contribution in [0, 0.1) is 0 Å². The lowest BCUT2D eigenvalue weighted by Gasteiger charge is -2.27. The third kappa shape index (κ3) is 5.32. The second kappa shape index (κ2) is 12.9. The first-order valence-electron chi connectivity index (χ1n) is 18.7. The van der Waals surface area contributed by atoms with E-state index in [1.165, 1.54) is 53.2 Å². The summed E-state index contributed by atoms with van der Waals surface area (Å²) in [5, 5.41) is 7.36. The summed E-state index contributed by atoms with van der Waals surface area (Å²) in [7, 11) is 0. The van der Waals surface area contributed by atoms with Crippen LogP contribution in [0.4, 0.5) is 17.1 Å². The molecule has 0 bridgehead atoms. The maximum atomic E-state index is 6.31. The second-order valence-electron chi connectivity index (χ2n) is 14.1. The third-order valence-corrected chi connectivity index (χ3v) is 12.1. The summed E-state index contributed by atoms with van der Waals surface area (Å²) in [4.78, 5) is 2.40. The predicted octanol–water partition coefficient (Wildman–Crippen LogP) is 15.6. The van der Waals surface area contributed by atoms with Crippen molar-refractivity contribution in [1.29, 1.82) is 0 Å². The van der Waals surface area contributed by atoms with Crippen LogP contribution in [0.5, 0.6) is 0 Å². The van der Waals surface area contributed by atoms with Crippen molar-refractivity contribution in [2.45, 2.75) is 0 Å². The van der Waals surface area contributed by atoms with Gasteiger partial charge in [-0.25, -0.2) is 0 Å². The number of furan rings is 1. The predicted molar refractivity (Wildman–Crippen MR) is 235 cm³/mol. The molecule has 2 aromatic heterocycles. The van der Waals surface area contributed by atoms with Crippen molar-refractivity contribution in [3.8, 4) is 33.4 Å². The van der Waals surface area contributed by atoms with Crippen LogP contribution in [0.3, 0.4) is 0 Å². The minimum Gasteiger partial charge on any atom is -0.456 e. The van der Waals surface area contributed by atoms with Gasteiger partial charge in [-0.2, -0.15) is 0 Å². The Morgan fingerprint density at radius 1 is 0.364 bits per heavy atom. The number of rotatable bonds is 6. The van der Waals surface area contributed by atoms with E-state index in [0.717, 1.165) is 50.1 Å². The van der Waals surface area contributed by atoms with E-state index in [0.29, 0.717) is 0 Å². The Morgan fingerprint density at radius 3 is 1.65 bits per heavy atom. The summed E-state index contributed by atoms with van der Waals surface area (Å²) in [5.74, 6) is 0. The van der Waals surface area contributed by atoms with E-state index >= 15 is 0 Å². The van der Waals surface area contributed by atoms with E-state index in [1.54, 1.807) is 0 Å². The van der Waals surface area contributed by atoms with Crippen molar-refractivity contribution in [3.05, 3.63) is 200 Å². The van der Waals surface area contributed by atoms with E-state index in [9.17, 15) is 0 Å².